The van der Waals surface area contributed by atoms with Crippen molar-refractivity contribution in [2.24, 2.45) is 5.73 Å². The van der Waals surface area contributed by atoms with E-state index in [1.54, 1.807) is 0 Å². The number of allylic oxidation sites excluding steroid dienone is 1. The standard InChI is InChI=1S/C13H24N2OS/c1-13(2,3)17-12(16)15-11-9-7-5-4-6-8-10(11)14/h6,8,10-11H,4-5,7,9,14H2,1-3H3,(H,15,16)/b8-6+. The van der Waals surface area contributed by atoms with Crippen LogP contribution in [-0.4, -0.2) is 22.1 Å². The number of carbonyl (C=O) groups excluding carboxylic acids is 1. The molecule has 17 heavy (non-hydrogen) atoms. The van der Waals surface area contributed by atoms with Gasteiger partial charge >= 0.3 is 0 Å². The van der Waals surface area contributed by atoms with Crippen molar-refractivity contribution in [1.82, 2.24) is 5.32 Å². The van der Waals surface area contributed by atoms with E-state index in [9.17, 15) is 4.79 Å². The Hall–Kier alpha value is -0.480. The van der Waals surface area contributed by atoms with Gasteiger partial charge in [-0.1, -0.05) is 51.1 Å². The second-order valence-corrected chi connectivity index (χ2v) is 7.34. The Labute approximate surface area is 109 Å². The van der Waals surface area contributed by atoms with E-state index in [1.165, 1.54) is 18.2 Å². The maximum atomic E-state index is 11.8. The van der Waals surface area contributed by atoms with E-state index in [1.807, 2.05) is 26.8 Å². The summed E-state index contributed by atoms with van der Waals surface area (Å²) in [5, 5.41) is 3.07. The first kappa shape index (κ1) is 14.6. The number of rotatable bonds is 1. The zero-order chi connectivity index (χ0) is 12.9. The van der Waals surface area contributed by atoms with Crippen molar-refractivity contribution in [3.63, 3.8) is 0 Å². The Bertz CT molecular complexity index is 284. The van der Waals surface area contributed by atoms with E-state index in [4.69, 9.17) is 5.73 Å². The predicted octanol–water partition coefficient (Wildman–Crippen LogP) is 3.05. The molecule has 0 saturated heterocycles. The van der Waals surface area contributed by atoms with Gasteiger partial charge in [-0.05, 0) is 19.3 Å². The van der Waals surface area contributed by atoms with E-state index in [0.717, 1.165) is 19.3 Å². The van der Waals surface area contributed by atoms with Crippen LogP contribution in [0.3, 0.4) is 0 Å². The number of hydrogen-bond donors (Lipinski definition) is 2. The van der Waals surface area contributed by atoms with Gasteiger partial charge in [-0.25, -0.2) is 0 Å². The molecule has 1 rings (SSSR count). The summed E-state index contributed by atoms with van der Waals surface area (Å²) in [5.74, 6) is 0. The Morgan fingerprint density at radius 2 is 2.12 bits per heavy atom. The highest BCUT2D eigenvalue weighted by Crippen LogP contribution is 2.24. The molecule has 0 fully saturated rings. The Kier molecular flexibility index (Phi) is 5.53. The topological polar surface area (TPSA) is 55.1 Å². The van der Waals surface area contributed by atoms with E-state index in [2.05, 4.69) is 11.4 Å². The second-order valence-electron chi connectivity index (χ2n) is 5.54. The third kappa shape index (κ3) is 6.13. The van der Waals surface area contributed by atoms with Crippen LogP contribution in [0.1, 0.15) is 46.5 Å². The van der Waals surface area contributed by atoms with Crippen molar-refractivity contribution < 1.29 is 4.79 Å². The normalized spacial score (nSPS) is 28.0. The predicted molar refractivity (Wildman–Crippen MR) is 75.2 cm³/mol. The van der Waals surface area contributed by atoms with Crippen molar-refractivity contribution in [3.8, 4) is 0 Å². The molecule has 0 bridgehead atoms. The van der Waals surface area contributed by atoms with Crippen LogP contribution in [0.2, 0.25) is 0 Å². The average Bonchev–Trinajstić information content (AvgIpc) is 2.15. The fraction of sp³-hybridized carbons (Fsp3) is 0.769. The van der Waals surface area contributed by atoms with Crippen molar-refractivity contribution in [2.75, 3.05) is 0 Å². The van der Waals surface area contributed by atoms with Crippen molar-refractivity contribution in [1.29, 1.82) is 0 Å². The summed E-state index contributed by atoms with van der Waals surface area (Å²) in [4.78, 5) is 11.8. The number of nitrogens with two attached hydrogens (primary N) is 1. The lowest BCUT2D eigenvalue weighted by Gasteiger charge is -2.26. The van der Waals surface area contributed by atoms with Gasteiger partial charge in [-0.15, -0.1) is 0 Å². The average molecular weight is 256 g/mol. The lowest BCUT2D eigenvalue weighted by molar-refractivity contribution is 0.254. The third-order valence-corrected chi connectivity index (χ3v) is 3.58. The van der Waals surface area contributed by atoms with Crippen LogP contribution in [0.4, 0.5) is 4.79 Å². The Balaban J connectivity index is 2.50. The highest BCUT2D eigenvalue weighted by molar-refractivity contribution is 8.14. The summed E-state index contributed by atoms with van der Waals surface area (Å²) >= 11 is 1.33. The minimum Gasteiger partial charge on any atom is -0.342 e. The maximum Gasteiger partial charge on any atom is 0.279 e. The molecule has 0 spiro atoms. The fourth-order valence-corrected chi connectivity index (χ4v) is 2.60. The molecule has 2 atom stereocenters. The molecule has 3 nitrogen and oxygen atoms in total. The number of thioether (sulfide) groups is 1. The molecule has 1 amide bonds. The lowest BCUT2D eigenvalue weighted by atomic mass is 9.98. The van der Waals surface area contributed by atoms with Gasteiger partial charge in [0.05, 0.1) is 0 Å². The second kappa shape index (κ2) is 6.45. The van der Waals surface area contributed by atoms with Crippen molar-refractivity contribution in [2.45, 2.75) is 63.3 Å². The summed E-state index contributed by atoms with van der Waals surface area (Å²) < 4.78 is -0.0500. The summed E-state index contributed by atoms with van der Waals surface area (Å²) in [6.07, 6.45) is 8.53. The summed E-state index contributed by atoms with van der Waals surface area (Å²) in [6, 6.07) is 0.0220. The zero-order valence-corrected chi connectivity index (χ0v) is 11.8. The Morgan fingerprint density at radius 1 is 1.41 bits per heavy atom. The van der Waals surface area contributed by atoms with Gasteiger partial charge in [0.25, 0.3) is 5.24 Å². The smallest absolute Gasteiger partial charge is 0.279 e. The first-order chi connectivity index (χ1) is 7.88. The zero-order valence-electron chi connectivity index (χ0n) is 11.0. The van der Waals surface area contributed by atoms with Gasteiger partial charge in [0.1, 0.15) is 0 Å². The first-order valence-corrected chi connectivity index (χ1v) is 7.12. The molecule has 3 N–H and O–H groups in total. The molecule has 4 heteroatoms. The third-order valence-electron chi connectivity index (χ3n) is 2.66. The molecule has 0 aromatic rings. The van der Waals surface area contributed by atoms with Gasteiger partial charge in [0, 0.05) is 16.8 Å². The molecule has 0 aromatic heterocycles. The van der Waals surface area contributed by atoms with Crippen molar-refractivity contribution in [3.05, 3.63) is 12.2 Å². The molecule has 0 heterocycles. The summed E-state index contributed by atoms with van der Waals surface area (Å²) in [6.45, 7) is 6.11. The molecule has 0 saturated carbocycles. The first-order valence-electron chi connectivity index (χ1n) is 6.30. The van der Waals surface area contributed by atoms with Gasteiger partial charge in [-0.2, -0.15) is 0 Å². The van der Waals surface area contributed by atoms with Gasteiger partial charge in [0.2, 0.25) is 0 Å². The minimum atomic E-state index is -0.0557. The number of carbonyl (C=O) groups is 1. The number of amides is 1. The van der Waals surface area contributed by atoms with Crippen molar-refractivity contribution >= 4 is 17.0 Å². The van der Waals surface area contributed by atoms with E-state index in [0.29, 0.717) is 0 Å². The fourth-order valence-electron chi connectivity index (χ4n) is 1.83. The highest BCUT2D eigenvalue weighted by Gasteiger charge is 2.22. The Morgan fingerprint density at radius 3 is 2.76 bits per heavy atom. The van der Waals surface area contributed by atoms with Gasteiger partial charge < -0.3 is 11.1 Å². The molecule has 98 valence electrons. The molecule has 0 aliphatic heterocycles. The minimum absolute atomic E-state index is 0.0342. The van der Waals surface area contributed by atoms with Crippen LogP contribution in [0, 0.1) is 0 Å². The number of nitrogens with one attached hydrogen (secondary N) is 1. The molecule has 0 aromatic carbocycles. The summed E-state index contributed by atoms with van der Waals surface area (Å²) in [7, 11) is 0. The van der Waals surface area contributed by atoms with Gasteiger partial charge in [0.15, 0.2) is 0 Å². The van der Waals surface area contributed by atoms with E-state index in [-0.39, 0.29) is 22.1 Å². The van der Waals surface area contributed by atoms with E-state index >= 15 is 0 Å². The van der Waals surface area contributed by atoms with Crippen LogP contribution in [0.5, 0.6) is 0 Å². The lowest BCUT2D eigenvalue weighted by Crippen LogP contribution is -2.46. The van der Waals surface area contributed by atoms with Crippen LogP contribution >= 0.6 is 11.8 Å². The van der Waals surface area contributed by atoms with Gasteiger partial charge in [-0.3, -0.25) is 4.79 Å². The number of hydrogen-bond acceptors (Lipinski definition) is 3. The van der Waals surface area contributed by atoms with Crippen LogP contribution in [-0.2, 0) is 0 Å². The molecule has 1 aliphatic rings. The van der Waals surface area contributed by atoms with Crippen LogP contribution in [0.25, 0.3) is 0 Å². The van der Waals surface area contributed by atoms with Crippen LogP contribution in [0.15, 0.2) is 12.2 Å². The molecule has 0 radical (unpaired) electrons. The SMILES string of the molecule is CC(C)(C)SC(=O)NC1CCCC/C=C/C1N. The van der Waals surface area contributed by atoms with E-state index < -0.39 is 0 Å². The molecular weight excluding hydrogens is 232 g/mol. The molecule has 2 unspecified atom stereocenters. The van der Waals surface area contributed by atoms with Crippen LogP contribution < -0.4 is 11.1 Å². The molecular formula is C13H24N2OS. The quantitative estimate of drug-likeness (QED) is 0.709. The summed E-state index contributed by atoms with van der Waals surface area (Å²) in [5.41, 5.74) is 6.05. The molecule has 1 aliphatic carbocycles. The largest absolute Gasteiger partial charge is 0.342 e. The highest BCUT2D eigenvalue weighted by atomic mass is 32.2. The maximum absolute atomic E-state index is 11.8. The monoisotopic (exact) mass is 256 g/mol.